The first-order chi connectivity index (χ1) is 7.88. The van der Waals surface area contributed by atoms with Crippen LogP contribution in [0, 0.1) is 5.92 Å². The van der Waals surface area contributed by atoms with Crippen LogP contribution in [-0.4, -0.2) is 13.2 Å². The molecule has 0 aliphatic heterocycles. The smallest absolute Gasteiger partial charge is 0.387 e. The van der Waals surface area contributed by atoms with E-state index < -0.39 is 13.2 Å². The third-order valence-electron chi connectivity index (χ3n) is 1.91. The third kappa shape index (κ3) is 4.50. The van der Waals surface area contributed by atoms with E-state index in [1.807, 2.05) is 0 Å². The van der Waals surface area contributed by atoms with Gasteiger partial charge in [0.05, 0.1) is 0 Å². The van der Waals surface area contributed by atoms with Crippen molar-refractivity contribution in [2.45, 2.75) is 27.1 Å². The van der Waals surface area contributed by atoms with Crippen molar-refractivity contribution in [3.8, 4) is 11.5 Å². The zero-order chi connectivity index (χ0) is 13.0. The van der Waals surface area contributed by atoms with Gasteiger partial charge in [-0.2, -0.15) is 17.6 Å². The van der Waals surface area contributed by atoms with Crippen LogP contribution in [0.15, 0.2) is 18.2 Å². The summed E-state index contributed by atoms with van der Waals surface area (Å²) in [4.78, 5) is 0. The SMILES string of the molecule is C[C](C)c1cc(OC(F)F)cc(OC(F)F)c1. The summed E-state index contributed by atoms with van der Waals surface area (Å²) in [6, 6.07) is 3.66. The van der Waals surface area contributed by atoms with Gasteiger partial charge in [-0.05, 0) is 23.6 Å². The lowest BCUT2D eigenvalue weighted by Crippen LogP contribution is -2.06. The van der Waals surface area contributed by atoms with Crippen molar-refractivity contribution in [1.82, 2.24) is 0 Å². The summed E-state index contributed by atoms with van der Waals surface area (Å²) in [6.07, 6.45) is 0. The first-order valence-electron chi connectivity index (χ1n) is 4.73. The van der Waals surface area contributed by atoms with E-state index in [4.69, 9.17) is 0 Å². The highest BCUT2D eigenvalue weighted by Crippen LogP contribution is 2.28. The first-order valence-corrected chi connectivity index (χ1v) is 4.73. The second-order valence-corrected chi connectivity index (χ2v) is 3.45. The van der Waals surface area contributed by atoms with E-state index in [1.165, 1.54) is 12.1 Å². The molecule has 0 spiro atoms. The molecule has 0 bridgehead atoms. The van der Waals surface area contributed by atoms with Crippen molar-refractivity contribution in [2.24, 2.45) is 0 Å². The number of hydrogen-bond acceptors (Lipinski definition) is 2. The number of hydrogen-bond donors (Lipinski definition) is 0. The van der Waals surface area contributed by atoms with Crippen molar-refractivity contribution in [3.63, 3.8) is 0 Å². The Morgan fingerprint density at radius 2 is 1.29 bits per heavy atom. The Morgan fingerprint density at radius 3 is 1.59 bits per heavy atom. The average molecular weight is 251 g/mol. The Kier molecular flexibility index (Phi) is 4.60. The van der Waals surface area contributed by atoms with Gasteiger partial charge in [-0.3, -0.25) is 0 Å². The summed E-state index contributed by atoms with van der Waals surface area (Å²) in [7, 11) is 0. The summed E-state index contributed by atoms with van der Waals surface area (Å²) in [5.74, 6) is 0.340. The minimum atomic E-state index is -3.01. The molecule has 1 rings (SSSR count). The van der Waals surface area contributed by atoms with Gasteiger partial charge in [0.1, 0.15) is 11.5 Å². The Balaban J connectivity index is 3.00. The second kappa shape index (κ2) is 5.75. The predicted octanol–water partition coefficient (Wildman–Crippen LogP) is 3.85. The van der Waals surface area contributed by atoms with Crippen LogP contribution in [0.1, 0.15) is 19.4 Å². The topological polar surface area (TPSA) is 18.5 Å². The average Bonchev–Trinajstić information content (AvgIpc) is 2.14. The van der Waals surface area contributed by atoms with Crippen molar-refractivity contribution >= 4 is 0 Å². The van der Waals surface area contributed by atoms with Gasteiger partial charge in [-0.1, -0.05) is 13.8 Å². The molecular weight excluding hydrogens is 240 g/mol. The minimum Gasteiger partial charge on any atom is -0.435 e. The van der Waals surface area contributed by atoms with Crippen LogP contribution in [0.2, 0.25) is 0 Å². The largest absolute Gasteiger partial charge is 0.435 e. The quantitative estimate of drug-likeness (QED) is 0.740. The van der Waals surface area contributed by atoms with E-state index in [1.54, 1.807) is 13.8 Å². The van der Waals surface area contributed by atoms with Gasteiger partial charge in [-0.25, -0.2) is 0 Å². The van der Waals surface area contributed by atoms with Gasteiger partial charge < -0.3 is 9.47 Å². The number of ether oxygens (including phenoxy) is 2. The predicted molar refractivity (Wildman–Crippen MR) is 53.4 cm³/mol. The Hall–Kier alpha value is -1.46. The van der Waals surface area contributed by atoms with Crippen molar-refractivity contribution in [1.29, 1.82) is 0 Å². The maximum Gasteiger partial charge on any atom is 0.387 e. The summed E-state index contributed by atoms with van der Waals surface area (Å²) >= 11 is 0. The Labute approximate surface area is 96.1 Å². The Bertz CT molecular complexity index is 338. The highest BCUT2D eigenvalue weighted by atomic mass is 19.3. The molecule has 0 N–H and O–H groups in total. The summed E-state index contributed by atoms with van der Waals surface area (Å²) in [5, 5.41) is 0. The third-order valence-corrected chi connectivity index (χ3v) is 1.91. The van der Waals surface area contributed by atoms with Crippen LogP contribution in [0.5, 0.6) is 11.5 Å². The molecule has 6 heteroatoms. The number of halogens is 4. The maximum atomic E-state index is 12.0. The molecule has 1 aromatic rings. The fourth-order valence-corrected chi connectivity index (χ4v) is 1.20. The molecule has 0 amide bonds. The molecule has 0 atom stereocenters. The number of alkyl halides is 4. The number of benzene rings is 1. The molecule has 2 nitrogen and oxygen atoms in total. The van der Waals surface area contributed by atoms with Crippen LogP contribution in [0.25, 0.3) is 0 Å². The summed E-state index contributed by atoms with van der Waals surface area (Å²) < 4.78 is 56.4. The molecule has 95 valence electrons. The lowest BCUT2D eigenvalue weighted by molar-refractivity contribution is -0.0543. The van der Waals surface area contributed by atoms with Crippen LogP contribution in [0.3, 0.4) is 0 Å². The van der Waals surface area contributed by atoms with E-state index in [0.717, 1.165) is 12.0 Å². The highest BCUT2D eigenvalue weighted by molar-refractivity contribution is 5.43. The molecule has 0 aromatic heterocycles. The molecule has 0 aliphatic carbocycles. The molecule has 1 radical (unpaired) electrons. The van der Waals surface area contributed by atoms with Gasteiger partial charge >= 0.3 is 13.2 Å². The lowest BCUT2D eigenvalue weighted by Gasteiger charge is -2.12. The van der Waals surface area contributed by atoms with Crippen molar-refractivity contribution in [2.75, 3.05) is 0 Å². The Morgan fingerprint density at radius 1 is 0.882 bits per heavy atom. The van der Waals surface area contributed by atoms with Crippen molar-refractivity contribution in [3.05, 3.63) is 29.7 Å². The van der Waals surface area contributed by atoms with E-state index >= 15 is 0 Å². The molecule has 0 saturated heterocycles. The van der Waals surface area contributed by atoms with Crippen molar-refractivity contribution < 1.29 is 27.0 Å². The van der Waals surface area contributed by atoms with Gasteiger partial charge in [0.15, 0.2) is 0 Å². The molecule has 0 saturated carbocycles. The van der Waals surface area contributed by atoms with E-state index in [0.29, 0.717) is 5.56 Å². The van der Waals surface area contributed by atoms with Crippen LogP contribution < -0.4 is 9.47 Å². The highest BCUT2D eigenvalue weighted by Gasteiger charge is 2.12. The first kappa shape index (κ1) is 13.6. The molecule has 0 heterocycles. The fraction of sp³-hybridized carbons (Fsp3) is 0.364. The van der Waals surface area contributed by atoms with Crippen LogP contribution in [0.4, 0.5) is 17.6 Å². The molecule has 1 aromatic carbocycles. The van der Waals surface area contributed by atoms with Gasteiger partial charge in [0.2, 0.25) is 0 Å². The second-order valence-electron chi connectivity index (χ2n) is 3.45. The van der Waals surface area contributed by atoms with E-state index in [9.17, 15) is 17.6 Å². The minimum absolute atomic E-state index is 0.214. The monoisotopic (exact) mass is 251 g/mol. The molecule has 0 aliphatic rings. The number of rotatable bonds is 5. The van der Waals surface area contributed by atoms with Gasteiger partial charge in [0.25, 0.3) is 0 Å². The van der Waals surface area contributed by atoms with Gasteiger partial charge in [-0.15, -0.1) is 0 Å². The van der Waals surface area contributed by atoms with Gasteiger partial charge in [0, 0.05) is 6.07 Å². The summed E-state index contributed by atoms with van der Waals surface area (Å²) in [5.41, 5.74) is 0.499. The fourth-order valence-electron chi connectivity index (χ4n) is 1.20. The zero-order valence-electron chi connectivity index (χ0n) is 9.22. The molecular formula is C11H11F4O2. The lowest BCUT2D eigenvalue weighted by atomic mass is 10.0. The van der Waals surface area contributed by atoms with E-state index in [-0.39, 0.29) is 11.5 Å². The van der Waals surface area contributed by atoms with E-state index in [2.05, 4.69) is 9.47 Å². The normalized spacial score (nSPS) is 11.4. The molecule has 0 unspecified atom stereocenters. The molecule has 17 heavy (non-hydrogen) atoms. The van der Waals surface area contributed by atoms with Crippen LogP contribution in [-0.2, 0) is 0 Å². The standard InChI is InChI=1S/C11H11F4O2/c1-6(2)7-3-8(16-10(12)13)5-9(4-7)17-11(14)15/h3-5,10-11H,1-2H3. The molecule has 0 fully saturated rings. The summed E-state index contributed by atoms with van der Waals surface area (Å²) in [6.45, 7) is -2.59. The maximum absolute atomic E-state index is 12.0. The zero-order valence-corrected chi connectivity index (χ0v) is 9.22. The van der Waals surface area contributed by atoms with Crippen LogP contribution >= 0.6 is 0 Å².